The highest BCUT2D eigenvalue weighted by Gasteiger charge is 2.29. The molecule has 6 heteroatoms. The highest BCUT2D eigenvalue weighted by atomic mass is 35.5. The van der Waals surface area contributed by atoms with Gasteiger partial charge in [0.25, 0.3) is 10.2 Å². The molecule has 0 bridgehead atoms. The zero-order chi connectivity index (χ0) is 13.9. The van der Waals surface area contributed by atoms with Crippen molar-refractivity contribution in [3.63, 3.8) is 0 Å². The number of alkyl halides is 1. The lowest BCUT2D eigenvalue weighted by Gasteiger charge is -2.32. The number of nitrogens with zero attached hydrogens (tertiary/aromatic N) is 1. The SMILES string of the molecule is CC1CCCN(S(=O)(=O)NCC2CCCCC2Cl)C1. The summed E-state index contributed by atoms with van der Waals surface area (Å²) in [5.74, 6) is 0.744. The average Bonchev–Trinajstić information content (AvgIpc) is 2.38. The summed E-state index contributed by atoms with van der Waals surface area (Å²) in [4.78, 5) is 0. The van der Waals surface area contributed by atoms with Gasteiger partial charge in [-0.2, -0.15) is 12.7 Å². The molecule has 2 aliphatic rings. The van der Waals surface area contributed by atoms with Crippen LogP contribution < -0.4 is 4.72 Å². The highest BCUT2D eigenvalue weighted by molar-refractivity contribution is 7.87. The van der Waals surface area contributed by atoms with Gasteiger partial charge in [-0.1, -0.05) is 19.8 Å². The van der Waals surface area contributed by atoms with E-state index in [0.29, 0.717) is 25.6 Å². The summed E-state index contributed by atoms with van der Waals surface area (Å²) in [6, 6.07) is 0. The van der Waals surface area contributed by atoms with Gasteiger partial charge in [-0.3, -0.25) is 0 Å². The summed E-state index contributed by atoms with van der Waals surface area (Å²) in [6.07, 6.45) is 6.46. The minimum Gasteiger partial charge on any atom is -0.202 e. The lowest BCUT2D eigenvalue weighted by atomic mass is 9.89. The minimum absolute atomic E-state index is 0.122. The van der Waals surface area contributed by atoms with Gasteiger partial charge >= 0.3 is 0 Å². The van der Waals surface area contributed by atoms with Crippen molar-refractivity contribution in [1.29, 1.82) is 0 Å². The van der Waals surface area contributed by atoms with Crippen LogP contribution >= 0.6 is 11.6 Å². The number of nitrogens with one attached hydrogen (secondary N) is 1. The standard InChI is InChI=1S/C13H25ClN2O2S/c1-11-5-4-8-16(10-11)19(17,18)15-9-12-6-2-3-7-13(12)14/h11-13,15H,2-10H2,1H3. The van der Waals surface area contributed by atoms with Gasteiger partial charge in [0.05, 0.1) is 0 Å². The fraction of sp³-hybridized carbons (Fsp3) is 1.00. The van der Waals surface area contributed by atoms with Crippen LogP contribution in [-0.2, 0) is 10.2 Å². The van der Waals surface area contributed by atoms with Gasteiger partial charge in [-0.25, -0.2) is 4.72 Å². The topological polar surface area (TPSA) is 49.4 Å². The lowest BCUT2D eigenvalue weighted by molar-refractivity contribution is 0.275. The van der Waals surface area contributed by atoms with Crippen molar-refractivity contribution in [2.24, 2.45) is 11.8 Å². The molecule has 0 amide bonds. The summed E-state index contributed by atoms with van der Waals surface area (Å²) in [5.41, 5.74) is 0. The normalized spacial score (nSPS) is 34.3. The second-order valence-electron chi connectivity index (χ2n) is 6.02. The van der Waals surface area contributed by atoms with E-state index in [2.05, 4.69) is 11.6 Å². The van der Waals surface area contributed by atoms with Crippen LogP contribution in [0.1, 0.15) is 45.4 Å². The first kappa shape index (κ1) is 15.5. The predicted molar refractivity (Wildman–Crippen MR) is 78.5 cm³/mol. The van der Waals surface area contributed by atoms with Crippen LogP contribution in [0.3, 0.4) is 0 Å². The van der Waals surface area contributed by atoms with Gasteiger partial charge < -0.3 is 0 Å². The monoisotopic (exact) mass is 308 g/mol. The summed E-state index contributed by atoms with van der Waals surface area (Å²) >= 11 is 6.27. The highest BCUT2D eigenvalue weighted by Crippen LogP contribution is 2.28. The van der Waals surface area contributed by atoms with E-state index in [-0.39, 0.29) is 11.3 Å². The van der Waals surface area contributed by atoms with Crippen molar-refractivity contribution < 1.29 is 8.42 Å². The maximum absolute atomic E-state index is 12.3. The predicted octanol–water partition coefficient (Wildman–Crippen LogP) is 2.35. The molecule has 2 fully saturated rings. The Morgan fingerprint density at radius 3 is 2.63 bits per heavy atom. The van der Waals surface area contributed by atoms with Crippen molar-refractivity contribution >= 4 is 21.8 Å². The largest absolute Gasteiger partial charge is 0.279 e. The third-order valence-corrected chi connectivity index (χ3v) is 6.42. The van der Waals surface area contributed by atoms with Crippen LogP contribution in [0.25, 0.3) is 0 Å². The maximum atomic E-state index is 12.3. The van der Waals surface area contributed by atoms with Gasteiger partial charge in [0.15, 0.2) is 0 Å². The first-order valence-electron chi connectivity index (χ1n) is 7.38. The molecule has 2 rings (SSSR count). The Labute approximate surface area is 122 Å². The first-order valence-corrected chi connectivity index (χ1v) is 9.25. The summed E-state index contributed by atoms with van der Waals surface area (Å²) < 4.78 is 28.9. The number of piperidine rings is 1. The van der Waals surface area contributed by atoms with E-state index in [1.54, 1.807) is 4.31 Å². The quantitative estimate of drug-likeness (QED) is 0.811. The number of halogens is 1. The fourth-order valence-corrected chi connectivity index (χ4v) is 4.86. The average molecular weight is 309 g/mol. The van der Waals surface area contributed by atoms with Crippen molar-refractivity contribution in [1.82, 2.24) is 9.03 Å². The molecule has 1 saturated carbocycles. The molecule has 4 nitrogen and oxygen atoms in total. The van der Waals surface area contributed by atoms with Crippen molar-refractivity contribution in [3.05, 3.63) is 0 Å². The van der Waals surface area contributed by atoms with Gasteiger partial charge in [0.1, 0.15) is 0 Å². The number of hydrogen-bond acceptors (Lipinski definition) is 2. The van der Waals surface area contributed by atoms with Gasteiger partial charge in [-0.15, -0.1) is 11.6 Å². The van der Waals surface area contributed by atoms with Crippen LogP contribution in [0.2, 0.25) is 0 Å². The second-order valence-corrected chi connectivity index (χ2v) is 8.34. The first-order chi connectivity index (χ1) is 8.99. The zero-order valence-corrected chi connectivity index (χ0v) is 13.2. The molecule has 1 N–H and O–H groups in total. The molecule has 1 heterocycles. The molecule has 1 aliphatic heterocycles. The Morgan fingerprint density at radius 1 is 1.21 bits per heavy atom. The second kappa shape index (κ2) is 6.74. The third-order valence-electron chi connectivity index (χ3n) is 4.30. The smallest absolute Gasteiger partial charge is 0.202 e. The molecule has 0 spiro atoms. The van der Waals surface area contributed by atoms with Crippen LogP contribution in [0.4, 0.5) is 0 Å². The van der Waals surface area contributed by atoms with Crippen molar-refractivity contribution in [2.75, 3.05) is 19.6 Å². The molecular formula is C13H25ClN2O2S. The van der Waals surface area contributed by atoms with E-state index in [9.17, 15) is 8.42 Å². The van der Waals surface area contributed by atoms with Crippen molar-refractivity contribution in [2.45, 2.75) is 50.8 Å². The van der Waals surface area contributed by atoms with Crippen LogP contribution in [0.5, 0.6) is 0 Å². The van der Waals surface area contributed by atoms with Gasteiger partial charge in [0, 0.05) is 25.0 Å². The summed E-state index contributed by atoms with van der Waals surface area (Å²) in [6.45, 7) is 3.89. The number of hydrogen-bond donors (Lipinski definition) is 1. The Bertz CT molecular complexity index is 388. The van der Waals surface area contributed by atoms with Crippen molar-refractivity contribution in [3.8, 4) is 0 Å². The molecule has 0 radical (unpaired) electrons. The molecule has 19 heavy (non-hydrogen) atoms. The summed E-state index contributed by atoms with van der Waals surface area (Å²) in [5, 5.41) is 0.122. The van der Waals surface area contributed by atoms with Gasteiger partial charge in [-0.05, 0) is 37.5 Å². The molecule has 1 aliphatic carbocycles. The minimum atomic E-state index is -3.31. The molecule has 0 aromatic heterocycles. The van der Waals surface area contributed by atoms with Crippen LogP contribution in [-0.4, -0.2) is 37.7 Å². The van der Waals surface area contributed by atoms with Gasteiger partial charge in [0.2, 0.25) is 0 Å². The van der Waals surface area contributed by atoms with E-state index in [0.717, 1.165) is 32.1 Å². The Kier molecular flexibility index (Phi) is 5.52. The molecule has 0 aromatic carbocycles. The van der Waals surface area contributed by atoms with Crippen LogP contribution in [0, 0.1) is 11.8 Å². The third kappa shape index (κ3) is 4.31. The number of rotatable bonds is 4. The van der Waals surface area contributed by atoms with E-state index in [4.69, 9.17) is 11.6 Å². The molecule has 0 aromatic rings. The zero-order valence-electron chi connectivity index (χ0n) is 11.6. The van der Waals surface area contributed by atoms with E-state index >= 15 is 0 Å². The Morgan fingerprint density at radius 2 is 1.95 bits per heavy atom. The van der Waals surface area contributed by atoms with E-state index in [1.165, 1.54) is 6.42 Å². The molecule has 3 unspecified atom stereocenters. The summed E-state index contributed by atoms with van der Waals surface area (Å²) in [7, 11) is -3.31. The Hall–Kier alpha value is 0.160. The molecule has 1 saturated heterocycles. The molecule has 3 atom stereocenters. The Balaban J connectivity index is 1.86. The maximum Gasteiger partial charge on any atom is 0.279 e. The lowest BCUT2D eigenvalue weighted by Crippen LogP contribution is -2.47. The van der Waals surface area contributed by atoms with E-state index in [1.807, 2.05) is 0 Å². The molecular weight excluding hydrogens is 284 g/mol. The van der Waals surface area contributed by atoms with Crippen LogP contribution in [0.15, 0.2) is 0 Å². The fourth-order valence-electron chi connectivity index (χ4n) is 3.06. The van der Waals surface area contributed by atoms with E-state index < -0.39 is 10.2 Å². The molecule has 112 valence electrons.